The third kappa shape index (κ3) is 39.1. The van der Waals surface area contributed by atoms with Crippen LogP contribution in [-0.4, -0.2) is 46.1 Å². The van der Waals surface area contributed by atoms with Crippen molar-refractivity contribution in [3.63, 3.8) is 0 Å². The largest absolute Gasteiger partial charge is 0.394 e. The van der Waals surface area contributed by atoms with Crippen molar-refractivity contribution in [2.75, 3.05) is 6.61 Å². The van der Waals surface area contributed by atoms with E-state index in [1.54, 1.807) is 6.08 Å². The number of carbonyl (C=O) groups excluding carboxylic acids is 1. The van der Waals surface area contributed by atoms with Gasteiger partial charge in [-0.2, -0.15) is 0 Å². The van der Waals surface area contributed by atoms with Crippen LogP contribution >= 0.6 is 0 Å². The van der Waals surface area contributed by atoms with Crippen LogP contribution < -0.4 is 5.32 Å². The molecule has 0 rings (SSSR count). The lowest BCUT2D eigenvalue weighted by atomic mass is 10.0. The molecule has 3 atom stereocenters. The van der Waals surface area contributed by atoms with Crippen LogP contribution in [0.1, 0.15) is 264 Å². The van der Waals surface area contributed by atoms with Gasteiger partial charge in [0.15, 0.2) is 0 Å². The molecule has 0 aromatic carbocycles. The Morgan fingerprint density at radius 3 is 1.04 bits per heavy atom. The van der Waals surface area contributed by atoms with Crippen molar-refractivity contribution in [3.05, 3.63) is 12.2 Å². The average molecular weight is 750 g/mol. The summed E-state index contributed by atoms with van der Waals surface area (Å²) in [6.07, 6.45) is 52.8. The van der Waals surface area contributed by atoms with Crippen molar-refractivity contribution in [2.24, 2.45) is 0 Å². The van der Waals surface area contributed by atoms with Gasteiger partial charge in [-0.15, -0.1) is 0 Å². The van der Waals surface area contributed by atoms with Crippen molar-refractivity contribution < 1.29 is 20.1 Å². The van der Waals surface area contributed by atoms with Crippen molar-refractivity contribution in [2.45, 2.75) is 283 Å². The summed E-state index contributed by atoms with van der Waals surface area (Å²) in [6, 6.07) is -0.791. The highest BCUT2D eigenvalue weighted by Gasteiger charge is 2.22. The maximum absolute atomic E-state index is 12.4. The van der Waals surface area contributed by atoms with Gasteiger partial charge in [0.1, 0.15) is 6.10 Å². The summed E-state index contributed by atoms with van der Waals surface area (Å²) in [4.78, 5) is 12.4. The smallest absolute Gasteiger partial charge is 0.249 e. The van der Waals surface area contributed by atoms with Gasteiger partial charge >= 0.3 is 0 Å². The Bertz CT molecular complexity index is 743. The number of hydrogen-bond donors (Lipinski definition) is 4. The number of aliphatic hydroxyl groups excluding tert-OH is 3. The number of aliphatic hydroxyl groups is 3. The highest BCUT2D eigenvalue weighted by Crippen LogP contribution is 2.17. The maximum atomic E-state index is 12.4. The summed E-state index contributed by atoms with van der Waals surface area (Å²) >= 11 is 0. The minimum Gasteiger partial charge on any atom is -0.394 e. The predicted molar refractivity (Wildman–Crippen MR) is 232 cm³/mol. The fraction of sp³-hybridized carbons (Fsp3) is 0.938. The minimum absolute atomic E-state index is 0.360. The van der Waals surface area contributed by atoms with Gasteiger partial charge in [0.05, 0.1) is 18.8 Å². The van der Waals surface area contributed by atoms with Gasteiger partial charge in [-0.25, -0.2) is 0 Å². The highest BCUT2D eigenvalue weighted by atomic mass is 16.3. The van der Waals surface area contributed by atoms with Crippen molar-refractivity contribution in [1.29, 1.82) is 0 Å². The van der Waals surface area contributed by atoms with Crippen LogP contribution in [0.5, 0.6) is 0 Å². The molecule has 0 aliphatic carbocycles. The van der Waals surface area contributed by atoms with Gasteiger partial charge in [0.2, 0.25) is 5.91 Å². The van der Waals surface area contributed by atoms with Gasteiger partial charge in [0, 0.05) is 0 Å². The minimum atomic E-state index is -1.09. The van der Waals surface area contributed by atoms with Crippen molar-refractivity contribution in [1.82, 2.24) is 5.32 Å². The molecule has 0 radical (unpaired) electrons. The predicted octanol–water partition coefficient (Wildman–Crippen LogP) is 14.0. The summed E-state index contributed by atoms with van der Waals surface area (Å²) in [5.74, 6) is -0.500. The van der Waals surface area contributed by atoms with E-state index in [1.807, 2.05) is 6.08 Å². The molecule has 0 heterocycles. The lowest BCUT2D eigenvalue weighted by Gasteiger charge is -2.21. The van der Waals surface area contributed by atoms with Crippen LogP contribution in [0.15, 0.2) is 12.2 Å². The molecule has 0 bridgehead atoms. The number of hydrogen-bond acceptors (Lipinski definition) is 4. The Hall–Kier alpha value is -0.910. The highest BCUT2D eigenvalue weighted by molar-refractivity contribution is 5.80. The third-order valence-corrected chi connectivity index (χ3v) is 11.4. The van der Waals surface area contributed by atoms with E-state index in [4.69, 9.17) is 0 Å². The molecule has 3 unspecified atom stereocenters. The molecule has 5 nitrogen and oxygen atoms in total. The number of nitrogens with one attached hydrogen (secondary N) is 1. The molecule has 0 aromatic rings. The van der Waals surface area contributed by atoms with E-state index in [1.165, 1.54) is 212 Å². The molecular formula is C48H95NO4. The second kappa shape index (κ2) is 43.8. The molecule has 53 heavy (non-hydrogen) atoms. The lowest BCUT2D eigenvalue weighted by molar-refractivity contribution is -0.131. The standard InChI is InChI=1S/C48H95NO4/c1-3-5-7-9-11-13-15-16-17-18-19-20-21-22-23-24-25-26-27-28-29-30-31-32-33-35-37-39-41-43-47(52)48(53)49-45(44-50)46(51)42-40-38-36-34-14-12-10-8-6-4-2/h40,42,45-47,50-52H,3-39,41,43-44H2,1-2H3,(H,49,53)/b42-40+. The molecule has 0 saturated heterocycles. The van der Waals surface area contributed by atoms with Gasteiger partial charge in [-0.3, -0.25) is 4.79 Å². The first-order valence-electron chi connectivity index (χ1n) is 24.0. The van der Waals surface area contributed by atoms with Crippen LogP contribution in [0.2, 0.25) is 0 Å². The molecule has 0 aromatic heterocycles. The quantitative estimate of drug-likeness (QED) is 0.0369. The monoisotopic (exact) mass is 750 g/mol. The second-order valence-corrected chi connectivity index (χ2v) is 16.7. The molecule has 1 amide bonds. The van der Waals surface area contributed by atoms with Crippen LogP contribution in [0.3, 0.4) is 0 Å². The van der Waals surface area contributed by atoms with Crippen LogP contribution in [-0.2, 0) is 4.79 Å². The van der Waals surface area contributed by atoms with E-state index in [2.05, 4.69) is 19.2 Å². The number of rotatable bonds is 44. The molecule has 0 aliphatic heterocycles. The Morgan fingerprint density at radius 1 is 0.453 bits per heavy atom. The first kappa shape index (κ1) is 52.1. The van der Waals surface area contributed by atoms with Gasteiger partial charge in [-0.05, 0) is 19.3 Å². The number of unbranched alkanes of at least 4 members (excludes halogenated alkanes) is 36. The first-order chi connectivity index (χ1) is 26.1. The van der Waals surface area contributed by atoms with Crippen LogP contribution in [0.25, 0.3) is 0 Å². The second-order valence-electron chi connectivity index (χ2n) is 16.7. The fourth-order valence-electron chi connectivity index (χ4n) is 7.60. The average Bonchev–Trinajstić information content (AvgIpc) is 3.16. The summed E-state index contributed by atoms with van der Waals surface area (Å²) in [6.45, 7) is 4.18. The van der Waals surface area contributed by atoms with E-state index in [9.17, 15) is 20.1 Å². The zero-order valence-corrected chi connectivity index (χ0v) is 35.9. The van der Waals surface area contributed by atoms with Crippen LogP contribution in [0.4, 0.5) is 0 Å². The summed E-state index contributed by atoms with van der Waals surface area (Å²) < 4.78 is 0. The SMILES string of the molecule is CCCCCCCCCC/C=C/C(O)C(CO)NC(=O)C(O)CCCCCCCCCCCCCCCCCCCCCCCCCCCCCCC. The van der Waals surface area contributed by atoms with Crippen molar-refractivity contribution in [3.8, 4) is 0 Å². The topological polar surface area (TPSA) is 89.8 Å². The normalized spacial score (nSPS) is 13.5. The van der Waals surface area contributed by atoms with E-state index < -0.39 is 24.2 Å². The van der Waals surface area contributed by atoms with E-state index >= 15 is 0 Å². The van der Waals surface area contributed by atoms with Crippen LogP contribution in [0, 0.1) is 0 Å². The van der Waals surface area contributed by atoms with E-state index in [0.717, 1.165) is 32.1 Å². The molecule has 0 saturated carbocycles. The van der Waals surface area contributed by atoms with Crippen molar-refractivity contribution >= 4 is 5.91 Å². The lowest BCUT2D eigenvalue weighted by Crippen LogP contribution is -2.48. The molecule has 5 heteroatoms. The Kier molecular flexibility index (Phi) is 43.1. The van der Waals surface area contributed by atoms with E-state index in [0.29, 0.717) is 6.42 Å². The van der Waals surface area contributed by atoms with Gasteiger partial charge < -0.3 is 20.6 Å². The number of carbonyl (C=O) groups is 1. The molecule has 0 aliphatic rings. The summed E-state index contributed by atoms with van der Waals surface area (Å²) in [5.41, 5.74) is 0. The molecule has 0 fully saturated rings. The summed E-state index contributed by atoms with van der Waals surface area (Å²) in [7, 11) is 0. The van der Waals surface area contributed by atoms with Gasteiger partial charge in [-0.1, -0.05) is 257 Å². The number of amides is 1. The number of allylic oxidation sites excluding steroid dienone is 1. The Labute approximate surface area is 331 Å². The molecule has 4 N–H and O–H groups in total. The summed E-state index contributed by atoms with van der Waals surface area (Å²) in [5, 5.41) is 33.0. The molecule has 316 valence electrons. The zero-order valence-electron chi connectivity index (χ0n) is 35.9. The maximum Gasteiger partial charge on any atom is 0.249 e. The Balaban J connectivity index is 3.47. The fourth-order valence-corrected chi connectivity index (χ4v) is 7.60. The zero-order chi connectivity index (χ0) is 38.7. The first-order valence-corrected chi connectivity index (χ1v) is 24.0. The van der Waals surface area contributed by atoms with Gasteiger partial charge in [0.25, 0.3) is 0 Å². The third-order valence-electron chi connectivity index (χ3n) is 11.4. The Morgan fingerprint density at radius 2 is 0.736 bits per heavy atom. The molecular weight excluding hydrogens is 655 g/mol. The van der Waals surface area contributed by atoms with E-state index in [-0.39, 0.29) is 6.61 Å². The molecule has 0 spiro atoms.